The Morgan fingerprint density at radius 1 is 0.970 bits per heavy atom. The number of fused-ring (bicyclic) bond motifs is 2. The lowest BCUT2D eigenvalue weighted by Gasteiger charge is -2.43. The molecular weight excluding hydrogens is 410 g/mol. The first-order valence-corrected chi connectivity index (χ1v) is 12.1. The van der Waals surface area contributed by atoms with E-state index in [9.17, 15) is 4.79 Å². The van der Waals surface area contributed by atoms with Crippen molar-refractivity contribution in [3.05, 3.63) is 96.1 Å². The molecular formula is C29H33NO3. The van der Waals surface area contributed by atoms with Crippen molar-refractivity contribution in [2.75, 3.05) is 0 Å². The van der Waals surface area contributed by atoms with E-state index in [1.165, 1.54) is 12.8 Å². The number of hydrogen-bond donors (Lipinski definition) is 1. The van der Waals surface area contributed by atoms with E-state index in [1.54, 1.807) is 0 Å². The fraction of sp³-hybridized carbons (Fsp3) is 0.379. The van der Waals surface area contributed by atoms with Crippen LogP contribution in [0.15, 0.2) is 90.1 Å². The molecule has 33 heavy (non-hydrogen) atoms. The van der Waals surface area contributed by atoms with E-state index < -0.39 is 5.97 Å². The van der Waals surface area contributed by atoms with Gasteiger partial charge in [-0.1, -0.05) is 90.1 Å². The van der Waals surface area contributed by atoms with Crippen LogP contribution < -0.4 is 0 Å². The molecule has 1 saturated carbocycles. The van der Waals surface area contributed by atoms with Crippen LogP contribution in [0.3, 0.4) is 0 Å². The number of carboxylic acid groups (broad SMARTS) is 1. The third kappa shape index (κ3) is 6.22. The van der Waals surface area contributed by atoms with Crippen molar-refractivity contribution < 1.29 is 14.7 Å². The van der Waals surface area contributed by atoms with Crippen molar-refractivity contribution in [3.8, 4) is 0 Å². The minimum absolute atomic E-state index is 0.229. The number of nitrogens with zero attached hydrogens (tertiary/aromatic N) is 1. The normalized spacial score (nSPS) is 24.2. The van der Waals surface area contributed by atoms with Gasteiger partial charge in [0.1, 0.15) is 0 Å². The van der Waals surface area contributed by atoms with E-state index in [0.717, 1.165) is 24.0 Å². The van der Waals surface area contributed by atoms with Crippen LogP contribution >= 0.6 is 0 Å². The minimum Gasteiger partial charge on any atom is -0.481 e. The predicted molar refractivity (Wildman–Crippen MR) is 132 cm³/mol. The van der Waals surface area contributed by atoms with Gasteiger partial charge in [-0.3, -0.25) is 4.79 Å². The smallest absolute Gasteiger partial charge is 0.303 e. The highest BCUT2D eigenvalue weighted by atomic mass is 16.6. The third-order valence-electron chi connectivity index (χ3n) is 6.92. The molecule has 4 heteroatoms. The summed E-state index contributed by atoms with van der Waals surface area (Å²) in [7, 11) is 0. The second kappa shape index (κ2) is 11.6. The monoisotopic (exact) mass is 443 g/mol. The summed E-state index contributed by atoms with van der Waals surface area (Å²) in [5.41, 5.74) is 2.18. The number of carboxylic acids is 1. The summed E-state index contributed by atoms with van der Waals surface area (Å²) in [6.07, 6.45) is 16.1. The maximum Gasteiger partial charge on any atom is 0.303 e. The van der Waals surface area contributed by atoms with Gasteiger partial charge in [0.2, 0.25) is 0 Å². The quantitative estimate of drug-likeness (QED) is 0.180. The third-order valence-corrected chi connectivity index (χ3v) is 6.92. The number of carbonyl (C=O) groups is 1. The van der Waals surface area contributed by atoms with Crippen molar-refractivity contribution in [2.45, 2.75) is 44.6 Å². The van der Waals surface area contributed by atoms with Crippen LogP contribution in [0.4, 0.5) is 0 Å². The van der Waals surface area contributed by atoms with Crippen LogP contribution in [-0.2, 0) is 9.63 Å². The zero-order valence-corrected chi connectivity index (χ0v) is 19.0. The Hall–Kier alpha value is -3.14. The van der Waals surface area contributed by atoms with E-state index in [2.05, 4.69) is 53.7 Å². The molecule has 0 aromatic heterocycles. The first-order valence-electron chi connectivity index (χ1n) is 12.1. The lowest BCUT2D eigenvalue weighted by atomic mass is 9.62. The molecule has 0 aliphatic heterocycles. The molecule has 172 valence electrons. The number of rotatable bonds is 11. The molecule has 4 atom stereocenters. The van der Waals surface area contributed by atoms with Crippen molar-refractivity contribution in [2.24, 2.45) is 28.8 Å². The number of benzene rings is 2. The number of allylic oxidation sites excluding steroid dienone is 4. The Bertz CT molecular complexity index is 927. The average molecular weight is 444 g/mol. The van der Waals surface area contributed by atoms with E-state index >= 15 is 0 Å². The van der Waals surface area contributed by atoms with Gasteiger partial charge in [0.15, 0.2) is 6.10 Å². The predicted octanol–water partition coefficient (Wildman–Crippen LogP) is 6.81. The average Bonchev–Trinajstić information content (AvgIpc) is 2.86. The second-order valence-corrected chi connectivity index (χ2v) is 9.09. The summed E-state index contributed by atoms with van der Waals surface area (Å²) >= 11 is 0. The van der Waals surface area contributed by atoms with Gasteiger partial charge < -0.3 is 9.94 Å². The summed E-state index contributed by atoms with van der Waals surface area (Å²) in [5.74, 6) is 1.25. The summed E-state index contributed by atoms with van der Waals surface area (Å²) in [6.45, 7) is 0. The Balaban J connectivity index is 1.42. The van der Waals surface area contributed by atoms with Crippen LogP contribution in [0.25, 0.3) is 0 Å². The van der Waals surface area contributed by atoms with Crippen molar-refractivity contribution in [1.29, 1.82) is 0 Å². The lowest BCUT2D eigenvalue weighted by molar-refractivity contribution is -0.137. The molecule has 1 unspecified atom stereocenters. The Labute approximate surface area is 196 Å². The van der Waals surface area contributed by atoms with E-state index in [1.807, 2.05) is 42.6 Å². The standard InChI is InChI=1S/C29H33NO3/c31-28(32)16-10-2-1-9-15-26-22-17-19-23(20-18-22)27(26)21-30-33-29(24-11-5-3-6-12-24)25-13-7-4-8-14-25/h1,3-9,11-14,17,19,21-23,26-27,29H,2,10,15-16,18,20H2,(H,31,32)/b9-1-,30-21+/t22-,23+,26-,27?/m0/s1. The van der Waals surface area contributed by atoms with Gasteiger partial charge in [-0.2, -0.15) is 0 Å². The molecule has 2 bridgehead atoms. The van der Waals surface area contributed by atoms with Crippen LogP contribution in [-0.4, -0.2) is 17.3 Å². The SMILES string of the molecule is O=C(O)CCC/C=C\C[C@@H]1C(/C=N/OC(c2ccccc2)c2ccccc2)[C@@H]2C=C[C@H]1CC2. The van der Waals surface area contributed by atoms with Gasteiger partial charge in [0, 0.05) is 18.6 Å². The van der Waals surface area contributed by atoms with Crippen LogP contribution in [0.5, 0.6) is 0 Å². The lowest BCUT2D eigenvalue weighted by Crippen LogP contribution is -2.37. The number of oxime groups is 1. The van der Waals surface area contributed by atoms with Gasteiger partial charge in [-0.25, -0.2) is 0 Å². The number of unbranched alkanes of at least 4 members (excludes halogenated alkanes) is 1. The van der Waals surface area contributed by atoms with Gasteiger partial charge in [-0.15, -0.1) is 0 Å². The zero-order chi connectivity index (χ0) is 22.9. The molecule has 0 spiro atoms. The highest BCUT2D eigenvalue weighted by Gasteiger charge is 2.39. The minimum atomic E-state index is -0.723. The second-order valence-electron chi connectivity index (χ2n) is 9.09. The Morgan fingerprint density at radius 3 is 2.21 bits per heavy atom. The van der Waals surface area contributed by atoms with Crippen molar-refractivity contribution in [3.63, 3.8) is 0 Å². The van der Waals surface area contributed by atoms with Gasteiger partial charge in [-0.05, 0) is 61.0 Å². The van der Waals surface area contributed by atoms with Crippen LogP contribution in [0, 0.1) is 23.7 Å². The van der Waals surface area contributed by atoms with Crippen molar-refractivity contribution in [1.82, 2.24) is 0 Å². The zero-order valence-electron chi connectivity index (χ0n) is 19.0. The summed E-state index contributed by atoms with van der Waals surface area (Å²) < 4.78 is 0. The molecule has 3 aliphatic carbocycles. The van der Waals surface area contributed by atoms with E-state index in [-0.39, 0.29) is 12.5 Å². The fourth-order valence-electron chi connectivity index (χ4n) is 5.17. The molecule has 0 radical (unpaired) electrons. The highest BCUT2D eigenvalue weighted by molar-refractivity contribution is 5.66. The molecule has 2 aromatic carbocycles. The Kier molecular flexibility index (Phi) is 8.13. The molecule has 1 fully saturated rings. The fourth-order valence-corrected chi connectivity index (χ4v) is 5.17. The number of aliphatic carboxylic acids is 1. The molecule has 1 N–H and O–H groups in total. The van der Waals surface area contributed by atoms with E-state index in [0.29, 0.717) is 30.1 Å². The first-order chi connectivity index (χ1) is 16.2. The topological polar surface area (TPSA) is 58.9 Å². The molecule has 3 aliphatic rings. The van der Waals surface area contributed by atoms with Crippen molar-refractivity contribution >= 4 is 12.2 Å². The Morgan fingerprint density at radius 2 is 1.61 bits per heavy atom. The van der Waals surface area contributed by atoms with Gasteiger partial charge in [0.05, 0.1) is 0 Å². The van der Waals surface area contributed by atoms with Crippen LogP contribution in [0.1, 0.15) is 55.8 Å². The molecule has 0 heterocycles. The molecule has 4 nitrogen and oxygen atoms in total. The van der Waals surface area contributed by atoms with Gasteiger partial charge >= 0.3 is 5.97 Å². The first kappa shape index (κ1) is 23.0. The molecule has 2 aromatic rings. The largest absolute Gasteiger partial charge is 0.481 e. The van der Waals surface area contributed by atoms with Crippen LogP contribution in [0.2, 0.25) is 0 Å². The molecule has 0 amide bonds. The summed E-state index contributed by atoms with van der Waals surface area (Å²) in [5, 5.41) is 13.3. The van der Waals surface area contributed by atoms with E-state index in [4.69, 9.17) is 9.94 Å². The maximum atomic E-state index is 10.7. The summed E-state index contributed by atoms with van der Waals surface area (Å²) in [6, 6.07) is 20.5. The highest BCUT2D eigenvalue weighted by Crippen LogP contribution is 2.45. The van der Waals surface area contributed by atoms with Gasteiger partial charge in [0.25, 0.3) is 0 Å². The molecule has 0 saturated heterocycles. The maximum absolute atomic E-state index is 10.7. The summed E-state index contributed by atoms with van der Waals surface area (Å²) in [4.78, 5) is 16.8. The molecule has 5 rings (SSSR count). The number of hydrogen-bond acceptors (Lipinski definition) is 3.